The Morgan fingerprint density at radius 3 is 2.94 bits per heavy atom. The van der Waals surface area contributed by atoms with Crippen LogP contribution in [0.4, 0.5) is 0 Å². The summed E-state index contributed by atoms with van der Waals surface area (Å²) in [6.07, 6.45) is 1.59. The van der Waals surface area contributed by atoms with E-state index in [4.69, 9.17) is 4.74 Å². The van der Waals surface area contributed by atoms with E-state index in [2.05, 4.69) is 15.0 Å². The van der Waals surface area contributed by atoms with E-state index in [-0.39, 0.29) is 0 Å². The van der Waals surface area contributed by atoms with Crippen molar-refractivity contribution < 1.29 is 4.74 Å². The first-order valence-electron chi connectivity index (χ1n) is 5.06. The van der Waals surface area contributed by atoms with Crippen LogP contribution in [0.15, 0.2) is 24.5 Å². The number of hydrogen-bond acceptors (Lipinski definition) is 3. The minimum Gasteiger partial charge on any atom is -0.497 e. The molecule has 0 unspecified atom stereocenters. The fraction of sp³-hybridized carbons (Fsp3) is 0.167. The van der Waals surface area contributed by atoms with Crippen molar-refractivity contribution in [2.24, 2.45) is 0 Å². The number of aromatic amines is 1. The maximum absolute atomic E-state index is 5.21. The number of nitrogens with one attached hydrogen (secondary N) is 1. The van der Waals surface area contributed by atoms with Crippen LogP contribution in [-0.2, 0) is 0 Å². The first kappa shape index (κ1) is 9.15. The van der Waals surface area contributed by atoms with Crippen LogP contribution < -0.4 is 4.74 Å². The number of aryl methyl sites for hydroxylation is 1. The summed E-state index contributed by atoms with van der Waals surface area (Å²) in [7, 11) is 1.66. The van der Waals surface area contributed by atoms with E-state index in [1.807, 2.05) is 25.1 Å². The van der Waals surface area contributed by atoms with Crippen LogP contribution in [0.3, 0.4) is 0 Å². The molecule has 0 fully saturated rings. The molecular formula is C12H11N3O. The number of benzene rings is 1. The van der Waals surface area contributed by atoms with Gasteiger partial charge in [-0.3, -0.25) is 0 Å². The average molecular weight is 213 g/mol. The molecule has 0 aliphatic carbocycles. The monoisotopic (exact) mass is 213 g/mol. The van der Waals surface area contributed by atoms with Gasteiger partial charge in [-0.05, 0) is 25.1 Å². The minimum absolute atomic E-state index is 0.838. The molecule has 4 nitrogen and oxygen atoms in total. The Hall–Kier alpha value is -2.10. The van der Waals surface area contributed by atoms with Gasteiger partial charge in [-0.1, -0.05) is 0 Å². The highest BCUT2D eigenvalue weighted by Crippen LogP contribution is 2.27. The highest BCUT2D eigenvalue weighted by Gasteiger charge is 2.08. The van der Waals surface area contributed by atoms with Crippen LogP contribution in [0.1, 0.15) is 5.69 Å². The van der Waals surface area contributed by atoms with E-state index < -0.39 is 0 Å². The molecule has 0 radical (unpaired) electrons. The molecule has 80 valence electrons. The van der Waals surface area contributed by atoms with Crippen LogP contribution in [0.5, 0.6) is 5.75 Å². The molecule has 2 heterocycles. The van der Waals surface area contributed by atoms with Crippen molar-refractivity contribution in [2.45, 2.75) is 6.92 Å². The summed E-state index contributed by atoms with van der Waals surface area (Å²) in [5, 5.41) is 1.07. The highest BCUT2D eigenvalue weighted by atomic mass is 16.5. The van der Waals surface area contributed by atoms with E-state index in [1.165, 1.54) is 0 Å². The van der Waals surface area contributed by atoms with Gasteiger partial charge in [0.25, 0.3) is 0 Å². The van der Waals surface area contributed by atoms with Crippen molar-refractivity contribution in [3.05, 3.63) is 30.2 Å². The summed E-state index contributed by atoms with van der Waals surface area (Å²) in [5.74, 6) is 0.838. The molecule has 3 aromatic rings. The van der Waals surface area contributed by atoms with Gasteiger partial charge in [0.15, 0.2) is 0 Å². The van der Waals surface area contributed by atoms with Gasteiger partial charge in [-0.15, -0.1) is 0 Å². The largest absolute Gasteiger partial charge is 0.497 e. The first-order valence-corrected chi connectivity index (χ1v) is 5.06. The van der Waals surface area contributed by atoms with Gasteiger partial charge >= 0.3 is 0 Å². The Balaban J connectivity index is 2.47. The van der Waals surface area contributed by atoms with Crippen molar-refractivity contribution in [3.63, 3.8) is 0 Å². The Kier molecular flexibility index (Phi) is 1.83. The zero-order valence-electron chi connectivity index (χ0n) is 9.11. The van der Waals surface area contributed by atoms with Crippen LogP contribution in [0.2, 0.25) is 0 Å². The van der Waals surface area contributed by atoms with Gasteiger partial charge in [0.05, 0.1) is 23.8 Å². The third-order valence-electron chi connectivity index (χ3n) is 2.78. The third kappa shape index (κ3) is 1.16. The summed E-state index contributed by atoms with van der Waals surface area (Å²) >= 11 is 0. The molecule has 16 heavy (non-hydrogen) atoms. The van der Waals surface area contributed by atoms with Crippen molar-refractivity contribution in [3.8, 4) is 5.75 Å². The van der Waals surface area contributed by atoms with Crippen molar-refractivity contribution in [2.75, 3.05) is 7.11 Å². The third-order valence-corrected chi connectivity index (χ3v) is 2.78. The average Bonchev–Trinajstić information content (AvgIpc) is 2.68. The van der Waals surface area contributed by atoms with Crippen molar-refractivity contribution >= 4 is 21.9 Å². The Morgan fingerprint density at radius 1 is 1.25 bits per heavy atom. The zero-order chi connectivity index (χ0) is 11.1. The number of rotatable bonds is 1. The van der Waals surface area contributed by atoms with Gasteiger partial charge in [0.2, 0.25) is 0 Å². The molecule has 0 bridgehead atoms. The van der Waals surface area contributed by atoms with Gasteiger partial charge in [-0.2, -0.15) is 0 Å². The zero-order valence-corrected chi connectivity index (χ0v) is 9.11. The fourth-order valence-electron chi connectivity index (χ4n) is 1.92. The molecule has 0 saturated heterocycles. The lowest BCUT2D eigenvalue weighted by molar-refractivity contribution is 0.415. The molecule has 0 aliphatic rings. The summed E-state index contributed by atoms with van der Waals surface area (Å²) in [5.41, 5.74) is 3.95. The van der Waals surface area contributed by atoms with Gasteiger partial charge in [-0.25, -0.2) is 9.97 Å². The lowest BCUT2D eigenvalue weighted by Gasteiger charge is -1.98. The molecular weight excluding hydrogens is 202 g/mol. The molecule has 0 aliphatic heterocycles. The Bertz CT molecular complexity index is 672. The molecule has 0 atom stereocenters. The highest BCUT2D eigenvalue weighted by molar-refractivity contribution is 6.05. The molecule has 4 heteroatoms. The number of nitrogens with zero attached hydrogens (tertiary/aromatic N) is 2. The minimum atomic E-state index is 0.838. The lowest BCUT2D eigenvalue weighted by atomic mass is 10.2. The maximum Gasteiger partial charge on any atom is 0.119 e. The first-order chi connectivity index (χ1) is 7.79. The summed E-state index contributed by atoms with van der Waals surface area (Å²) in [6, 6.07) is 5.91. The molecule has 2 aromatic heterocycles. The topological polar surface area (TPSA) is 50.8 Å². The molecule has 1 aromatic carbocycles. The summed E-state index contributed by atoms with van der Waals surface area (Å²) < 4.78 is 5.21. The number of methoxy groups -OCH3 is 1. The second-order valence-electron chi connectivity index (χ2n) is 3.72. The number of ether oxygens (including phenoxy) is 1. The second kappa shape index (κ2) is 3.20. The molecule has 0 spiro atoms. The van der Waals surface area contributed by atoms with Crippen LogP contribution in [0.25, 0.3) is 21.9 Å². The predicted octanol–water partition coefficient (Wildman–Crippen LogP) is 2.43. The smallest absolute Gasteiger partial charge is 0.119 e. The molecule has 0 amide bonds. The van der Waals surface area contributed by atoms with Gasteiger partial charge in [0, 0.05) is 10.9 Å². The predicted molar refractivity (Wildman–Crippen MR) is 62.7 cm³/mol. The Labute approximate surface area is 92.3 Å². The summed E-state index contributed by atoms with van der Waals surface area (Å²) in [4.78, 5) is 11.8. The standard InChI is InChI=1S/C12H11N3O/c1-7-11-12(14-6-13-7)9-5-8(16-2)3-4-10(9)15-11/h3-6,15H,1-2H3. The lowest BCUT2D eigenvalue weighted by Crippen LogP contribution is -1.84. The number of fused-ring (bicyclic) bond motifs is 3. The fourth-order valence-corrected chi connectivity index (χ4v) is 1.92. The van der Waals surface area contributed by atoms with Gasteiger partial charge in [0.1, 0.15) is 12.1 Å². The quantitative estimate of drug-likeness (QED) is 0.675. The van der Waals surface area contributed by atoms with E-state index in [9.17, 15) is 0 Å². The van der Waals surface area contributed by atoms with Crippen LogP contribution >= 0.6 is 0 Å². The van der Waals surface area contributed by atoms with Crippen LogP contribution in [0, 0.1) is 6.92 Å². The molecule has 1 N–H and O–H groups in total. The number of H-pyrrole nitrogens is 1. The summed E-state index contributed by atoms with van der Waals surface area (Å²) in [6.45, 7) is 1.97. The van der Waals surface area contributed by atoms with E-state index >= 15 is 0 Å². The number of aromatic nitrogens is 3. The van der Waals surface area contributed by atoms with Crippen molar-refractivity contribution in [1.29, 1.82) is 0 Å². The number of hydrogen-bond donors (Lipinski definition) is 1. The van der Waals surface area contributed by atoms with Crippen molar-refractivity contribution in [1.82, 2.24) is 15.0 Å². The van der Waals surface area contributed by atoms with E-state index in [0.29, 0.717) is 0 Å². The van der Waals surface area contributed by atoms with E-state index in [1.54, 1.807) is 13.4 Å². The second-order valence-corrected chi connectivity index (χ2v) is 3.72. The Morgan fingerprint density at radius 2 is 2.12 bits per heavy atom. The van der Waals surface area contributed by atoms with Crippen LogP contribution in [-0.4, -0.2) is 22.1 Å². The van der Waals surface area contributed by atoms with Gasteiger partial charge < -0.3 is 9.72 Å². The van der Waals surface area contributed by atoms with E-state index in [0.717, 1.165) is 33.4 Å². The maximum atomic E-state index is 5.21. The molecule has 0 saturated carbocycles. The SMILES string of the molecule is COc1ccc2[nH]c3c(C)ncnc3c2c1. The normalized spacial score (nSPS) is 11.1. The molecule has 3 rings (SSSR count).